The van der Waals surface area contributed by atoms with Gasteiger partial charge in [0, 0.05) is 13.0 Å². The van der Waals surface area contributed by atoms with E-state index < -0.39 is 16.5 Å². The predicted octanol–water partition coefficient (Wildman–Crippen LogP) is 0.357. The molecule has 142 valence electrons. The largest absolute Gasteiger partial charge is 0.355 e. The Morgan fingerprint density at radius 3 is 1.96 bits per heavy atom. The molecule has 2 amide bonds. The Bertz CT molecular complexity index is 384. The van der Waals surface area contributed by atoms with Crippen LogP contribution in [-0.2, 0) is 27.8 Å². The number of nitrogens with one attached hydrogen (secondary N) is 2. The fourth-order valence-electron chi connectivity index (χ4n) is 1.67. The van der Waals surface area contributed by atoms with E-state index in [1.54, 1.807) is 0 Å². The van der Waals surface area contributed by atoms with Crippen molar-refractivity contribution in [3.05, 3.63) is 0 Å². The van der Waals surface area contributed by atoms with Gasteiger partial charge < -0.3 is 29.5 Å². The molecule has 0 heterocycles. The number of carbonyl (C=O) groups is 2. The number of unbranched alkanes of at least 4 members (excludes halogenated alkanes) is 3. The summed E-state index contributed by atoms with van der Waals surface area (Å²) in [4.78, 5) is 39.8. The number of hydrogen-bond acceptors (Lipinski definition) is 6. The van der Waals surface area contributed by atoms with E-state index in [9.17, 15) is 18.7 Å². The number of hydrogen-bond donors (Lipinski definition) is 4. The molecule has 0 aromatic heterocycles. The summed E-state index contributed by atoms with van der Waals surface area (Å²) in [6.07, 6.45) is 3.34. The van der Waals surface area contributed by atoms with Crippen molar-refractivity contribution in [2.45, 2.75) is 38.5 Å². The highest BCUT2D eigenvalue weighted by Gasteiger charge is 2.05. The van der Waals surface area contributed by atoms with Crippen molar-refractivity contribution in [2.75, 3.05) is 26.3 Å². The van der Waals surface area contributed by atoms with E-state index in [0.717, 1.165) is 0 Å². The molecule has 10 nitrogen and oxygen atoms in total. The minimum Gasteiger partial charge on any atom is -0.355 e. The molecule has 12 heteroatoms. The van der Waals surface area contributed by atoms with Gasteiger partial charge >= 0.3 is 16.5 Å². The fourth-order valence-corrected chi connectivity index (χ4v) is 2.31. The summed E-state index contributed by atoms with van der Waals surface area (Å²) in [5.74, 6) is -0.537. The van der Waals surface area contributed by atoms with E-state index in [1.807, 2.05) is 0 Å². The maximum atomic E-state index is 11.5. The molecule has 0 aliphatic heterocycles. The van der Waals surface area contributed by atoms with Crippen LogP contribution in [0.25, 0.3) is 0 Å². The molecule has 0 aliphatic carbocycles. The molecule has 4 N–H and O–H groups in total. The summed E-state index contributed by atoms with van der Waals surface area (Å²) in [6, 6.07) is 0. The molecule has 2 unspecified atom stereocenters. The summed E-state index contributed by atoms with van der Waals surface area (Å²) in [5.41, 5.74) is 0. The Morgan fingerprint density at radius 1 is 0.792 bits per heavy atom. The highest BCUT2D eigenvalue weighted by Crippen LogP contribution is 2.15. The monoisotopic (exact) mass is 388 g/mol. The minimum atomic E-state index is -2.89. The standard InChI is InChI=1S/C12H26N2O8P2/c15-11(6-2-1-4-8-21-23(17)18)14-10-12(16)13-7-3-5-9-22-24(19)20/h23-24H,1-10H2,(H,13,16)(H,14,15)(H,17,18)(H,19,20). The van der Waals surface area contributed by atoms with Crippen molar-refractivity contribution < 1.29 is 37.6 Å². The zero-order chi connectivity index (χ0) is 18.2. The molecule has 0 fully saturated rings. The molecule has 24 heavy (non-hydrogen) atoms. The van der Waals surface area contributed by atoms with Crippen LogP contribution in [0.2, 0.25) is 0 Å². The van der Waals surface area contributed by atoms with Gasteiger partial charge in [0.2, 0.25) is 11.8 Å². The van der Waals surface area contributed by atoms with Crippen LogP contribution in [0.4, 0.5) is 0 Å². The van der Waals surface area contributed by atoms with E-state index in [0.29, 0.717) is 38.6 Å². The quantitative estimate of drug-likeness (QED) is 0.232. The average Bonchev–Trinajstić information content (AvgIpc) is 2.51. The first-order valence-electron chi connectivity index (χ1n) is 7.66. The fraction of sp³-hybridized carbons (Fsp3) is 0.833. The smallest absolute Gasteiger partial charge is 0.316 e. The van der Waals surface area contributed by atoms with E-state index in [2.05, 4.69) is 19.7 Å². The second-order valence-electron chi connectivity index (χ2n) is 4.87. The first kappa shape index (κ1) is 23.2. The molecule has 0 spiro atoms. The molecule has 0 saturated carbocycles. The molecule has 0 rings (SSSR count). The second-order valence-corrected chi connectivity index (χ2v) is 6.51. The van der Waals surface area contributed by atoms with E-state index in [1.165, 1.54) is 0 Å². The maximum Gasteiger partial charge on any atom is 0.316 e. The van der Waals surface area contributed by atoms with Crippen LogP contribution in [0.3, 0.4) is 0 Å². The topological polar surface area (TPSA) is 151 Å². The Labute approximate surface area is 142 Å². The van der Waals surface area contributed by atoms with Gasteiger partial charge in [-0.2, -0.15) is 0 Å². The van der Waals surface area contributed by atoms with Crippen molar-refractivity contribution in [2.24, 2.45) is 0 Å². The van der Waals surface area contributed by atoms with E-state index in [-0.39, 0.29) is 38.0 Å². The van der Waals surface area contributed by atoms with Crippen LogP contribution in [-0.4, -0.2) is 47.9 Å². The van der Waals surface area contributed by atoms with Gasteiger partial charge in [0.1, 0.15) is 0 Å². The van der Waals surface area contributed by atoms with Gasteiger partial charge in [-0.05, 0) is 25.7 Å². The lowest BCUT2D eigenvalue weighted by molar-refractivity contribution is -0.126. The molecule has 2 atom stereocenters. The summed E-state index contributed by atoms with van der Waals surface area (Å²) in [6.45, 7) is 0.660. The lowest BCUT2D eigenvalue weighted by atomic mass is 10.2. The van der Waals surface area contributed by atoms with Crippen molar-refractivity contribution in [1.82, 2.24) is 10.6 Å². The van der Waals surface area contributed by atoms with Gasteiger partial charge in [0.15, 0.2) is 0 Å². The zero-order valence-corrected chi connectivity index (χ0v) is 15.4. The first-order chi connectivity index (χ1) is 11.4. The van der Waals surface area contributed by atoms with Gasteiger partial charge in [-0.15, -0.1) is 0 Å². The zero-order valence-electron chi connectivity index (χ0n) is 13.4. The Kier molecular flexibility index (Phi) is 15.3. The lowest BCUT2D eigenvalue weighted by Crippen LogP contribution is -2.37. The maximum absolute atomic E-state index is 11.5. The molecule has 0 aliphatic rings. The SMILES string of the molecule is O=C(CCCCCO[PH](=O)O)NCC(=O)NCCCCO[PH](=O)O. The summed E-state index contributed by atoms with van der Waals surface area (Å²) in [7, 11) is -5.76. The minimum absolute atomic E-state index is 0.102. The third kappa shape index (κ3) is 17.6. The molecule has 0 aromatic carbocycles. The number of carbonyl (C=O) groups excluding carboxylic acids is 2. The number of rotatable bonds is 15. The van der Waals surface area contributed by atoms with Crippen molar-refractivity contribution >= 4 is 28.3 Å². The third-order valence-electron chi connectivity index (χ3n) is 2.84. The average molecular weight is 388 g/mol. The molecule has 0 saturated heterocycles. The number of amides is 2. The van der Waals surface area contributed by atoms with Gasteiger partial charge in [0.05, 0.1) is 19.8 Å². The van der Waals surface area contributed by atoms with Crippen LogP contribution in [0.5, 0.6) is 0 Å². The predicted molar refractivity (Wildman–Crippen MR) is 88.1 cm³/mol. The molecular formula is C12H26N2O8P2. The summed E-state index contributed by atoms with van der Waals surface area (Å²) < 4.78 is 29.6. The summed E-state index contributed by atoms with van der Waals surface area (Å²) in [5, 5.41) is 5.11. The highest BCUT2D eigenvalue weighted by molar-refractivity contribution is 7.32. The normalized spacial score (nSPS) is 13.2. The lowest BCUT2D eigenvalue weighted by Gasteiger charge is -2.07. The molecule has 0 radical (unpaired) electrons. The highest BCUT2D eigenvalue weighted by atomic mass is 31.1. The molecule has 0 aromatic rings. The van der Waals surface area contributed by atoms with Crippen LogP contribution in [0.15, 0.2) is 0 Å². The Hall–Kier alpha value is -0.760. The third-order valence-corrected chi connectivity index (χ3v) is 3.74. The van der Waals surface area contributed by atoms with Gasteiger partial charge in [-0.25, -0.2) is 0 Å². The van der Waals surface area contributed by atoms with Crippen LogP contribution in [0, 0.1) is 0 Å². The van der Waals surface area contributed by atoms with Crippen molar-refractivity contribution in [3.63, 3.8) is 0 Å². The van der Waals surface area contributed by atoms with Crippen LogP contribution in [0.1, 0.15) is 38.5 Å². The van der Waals surface area contributed by atoms with Crippen molar-refractivity contribution in [3.8, 4) is 0 Å². The second kappa shape index (κ2) is 15.7. The molecular weight excluding hydrogens is 362 g/mol. The van der Waals surface area contributed by atoms with Crippen molar-refractivity contribution in [1.29, 1.82) is 0 Å². The summed E-state index contributed by atoms with van der Waals surface area (Å²) >= 11 is 0. The van der Waals surface area contributed by atoms with E-state index >= 15 is 0 Å². The van der Waals surface area contributed by atoms with Gasteiger partial charge in [-0.3, -0.25) is 18.7 Å². The Balaban J connectivity index is 3.43. The Morgan fingerprint density at radius 2 is 1.38 bits per heavy atom. The molecule has 0 bridgehead atoms. The van der Waals surface area contributed by atoms with Crippen LogP contribution < -0.4 is 10.6 Å². The first-order valence-corrected chi connectivity index (χ1v) is 10.2. The van der Waals surface area contributed by atoms with Crippen LogP contribution >= 0.6 is 16.5 Å². The van der Waals surface area contributed by atoms with Gasteiger partial charge in [0.25, 0.3) is 0 Å². The van der Waals surface area contributed by atoms with Gasteiger partial charge in [-0.1, -0.05) is 6.42 Å². The van der Waals surface area contributed by atoms with E-state index in [4.69, 9.17) is 9.79 Å².